The van der Waals surface area contributed by atoms with Crippen molar-refractivity contribution in [2.75, 3.05) is 26.7 Å². The van der Waals surface area contributed by atoms with E-state index in [1.807, 2.05) is 11.9 Å². The van der Waals surface area contributed by atoms with Gasteiger partial charge < -0.3 is 15.5 Å². The number of rotatable bonds is 3. The minimum Gasteiger partial charge on any atom is -0.341 e. The van der Waals surface area contributed by atoms with Gasteiger partial charge in [0, 0.05) is 26.2 Å². The molecule has 1 aliphatic heterocycles. The topological polar surface area (TPSA) is 49.6 Å². The highest BCUT2D eigenvalue weighted by molar-refractivity contribution is 5.85. The van der Waals surface area contributed by atoms with E-state index in [0.717, 1.165) is 32.5 Å². The molecule has 0 saturated carbocycles. The lowest BCUT2D eigenvalue weighted by Gasteiger charge is -2.38. The van der Waals surface area contributed by atoms with Crippen molar-refractivity contribution in [3.63, 3.8) is 0 Å². The number of carbonyl (C=O) groups is 1. The Labute approximate surface area is 98.8 Å². The van der Waals surface area contributed by atoms with Crippen LogP contribution in [-0.4, -0.2) is 54.0 Å². The highest BCUT2D eigenvalue weighted by Crippen LogP contribution is 2.17. The number of piperidine rings is 1. The summed E-state index contributed by atoms with van der Waals surface area (Å²) in [6.07, 6.45) is 2.12. The van der Waals surface area contributed by atoms with E-state index in [0.29, 0.717) is 6.04 Å². The van der Waals surface area contributed by atoms with Crippen molar-refractivity contribution in [1.29, 1.82) is 0 Å². The molecule has 0 aromatic rings. The molecule has 0 unspecified atom stereocenters. The van der Waals surface area contributed by atoms with E-state index in [9.17, 15) is 4.79 Å². The standard InChI is InChI=1S/C12H25N3O/c1-5-15-8-6-10(7-9-15)14(4)11(16)12(2,3)13/h10H,5-9,13H2,1-4H3. The molecule has 1 rings (SSSR count). The number of nitrogens with two attached hydrogens (primary N) is 1. The van der Waals surface area contributed by atoms with Crippen LogP contribution in [0.25, 0.3) is 0 Å². The van der Waals surface area contributed by atoms with Crippen LogP contribution in [0.15, 0.2) is 0 Å². The summed E-state index contributed by atoms with van der Waals surface area (Å²) in [7, 11) is 1.88. The van der Waals surface area contributed by atoms with Crippen LogP contribution in [-0.2, 0) is 4.79 Å². The van der Waals surface area contributed by atoms with Crippen LogP contribution in [0.2, 0.25) is 0 Å². The van der Waals surface area contributed by atoms with Crippen LogP contribution < -0.4 is 5.73 Å². The molecule has 1 fully saturated rings. The van der Waals surface area contributed by atoms with Gasteiger partial charge in [-0.05, 0) is 33.2 Å². The molecule has 16 heavy (non-hydrogen) atoms. The summed E-state index contributed by atoms with van der Waals surface area (Å²) < 4.78 is 0. The van der Waals surface area contributed by atoms with Crippen LogP contribution in [0.4, 0.5) is 0 Å². The lowest BCUT2D eigenvalue weighted by Crippen LogP contribution is -2.54. The smallest absolute Gasteiger partial charge is 0.242 e. The zero-order valence-corrected chi connectivity index (χ0v) is 11.0. The summed E-state index contributed by atoms with van der Waals surface area (Å²) in [5.74, 6) is 0.0439. The molecule has 94 valence electrons. The fourth-order valence-corrected chi connectivity index (χ4v) is 2.24. The highest BCUT2D eigenvalue weighted by atomic mass is 16.2. The monoisotopic (exact) mass is 227 g/mol. The summed E-state index contributed by atoms with van der Waals surface area (Å²) in [6.45, 7) is 9.00. The van der Waals surface area contributed by atoms with Gasteiger partial charge in [-0.15, -0.1) is 0 Å². The lowest BCUT2D eigenvalue weighted by atomic mass is 9.99. The van der Waals surface area contributed by atoms with Gasteiger partial charge in [0.1, 0.15) is 0 Å². The van der Waals surface area contributed by atoms with Crippen molar-refractivity contribution in [3.05, 3.63) is 0 Å². The highest BCUT2D eigenvalue weighted by Gasteiger charge is 2.31. The third kappa shape index (κ3) is 3.19. The molecule has 0 spiro atoms. The van der Waals surface area contributed by atoms with E-state index in [-0.39, 0.29) is 5.91 Å². The Morgan fingerprint density at radius 1 is 1.44 bits per heavy atom. The van der Waals surface area contributed by atoms with Gasteiger partial charge in [-0.3, -0.25) is 4.79 Å². The number of carbonyl (C=O) groups excluding carboxylic acids is 1. The second-order valence-corrected chi connectivity index (χ2v) is 5.30. The average molecular weight is 227 g/mol. The average Bonchev–Trinajstić information content (AvgIpc) is 2.26. The summed E-state index contributed by atoms with van der Waals surface area (Å²) >= 11 is 0. The van der Waals surface area contributed by atoms with E-state index >= 15 is 0 Å². The van der Waals surface area contributed by atoms with Gasteiger partial charge in [-0.1, -0.05) is 6.92 Å². The maximum Gasteiger partial charge on any atom is 0.242 e. The second kappa shape index (κ2) is 5.15. The van der Waals surface area contributed by atoms with Gasteiger partial charge in [0.05, 0.1) is 5.54 Å². The fourth-order valence-electron chi connectivity index (χ4n) is 2.24. The molecule has 0 radical (unpaired) electrons. The first kappa shape index (κ1) is 13.5. The van der Waals surface area contributed by atoms with E-state index in [1.165, 1.54) is 0 Å². The molecule has 1 saturated heterocycles. The van der Waals surface area contributed by atoms with Gasteiger partial charge in [0.25, 0.3) is 0 Å². The normalized spacial score (nSPS) is 19.8. The Hall–Kier alpha value is -0.610. The minimum absolute atomic E-state index is 0.0439. The van der Waals surface area contributed by atoms with Crippen molar-refractivity contribution < 1.29 is 4.79 Å². The molecule has 1 aliphatic rings. The maximum absolute atomic E-state index is 12.0. The summed E-state index contributed by atoms with van der Waals surface area (Å²) in [5.41, 5.74) is 5.09. The van der Waals surface area contributed by atoms with Crippen LogP contribution in [0, 0.1) is 0 Å². The Bertz CT molecular complexity index is 239. The molecule has 0 bridgehead atoms. The van der Waals surface area contributed by atoms with E-state index < -0.39 is 5.54 Å². The van der Waals surface area contributed by atoms with Crippen molar-refractivity contribution in [2.24, 2.45) is 5.73 Å². The minimum atomic E-state index is -0.753. The van der Waals surface area contributed by atoms with Gasteiger partial charge in [0.2, 0.25) is 5.91 Å². The number of likely N-dealkylation sites (tertiary alicyclic amines) is 1. The molecule has 1 amide bonds. The third-order valence-electron chi connectivity index (χ3n) is 3.42. The first-order valence-corrected chi connectivity index (χ1v) is 6.14. The van der Waals surface area contributed by atoms with Gasteiger partial charge >= 0.3 is 0 Å². The molecule has 0 aromatic heterocycles. The number of amides is 1. The first-order valence-electron chi connectivity index (χ1n) is 6.14. The Kier molecular flexibility index (Phi) is 4.33. The van der Waals surface area contributed by atoms with E-state index in [1.54, 1.807) is 13.8 Å². The summed E-state index contributed by atoms with van der Waals surface area (Å²) in [6, 6.07) is 0.359. The Morgan fingerprint density at radius 2 is 1.94 bits per heavy atom. The fraction of sp³-hybridized carbons (Fsp3) is 0.917. The molecule has 0 aromatic carbocycles. The van der Waals surface area contributed by atoms with E-state index in [2.05, 4.69) is 11.8 Å². The molecular weight excluding hydrogens is 202 g/mol. The van der Waals surface area contributed by atoms with Gasteiger partial charge in [-0.25, -0.2) is 0 Å². The second-order valence-electron chi connectivity index (χ2n) is 5.30. The van der Waals surface area contributed by atoms with Crippen LogP contribution in [0.3, 0.4) is 0 Å². The van der Waals surface area contributed by atoms with Crippen LogP contribution >= 0.6 is 0 Å². The molecule has 4 nitrogen and oxygen atoms in total. The zero-order chi connectivity index (χ0) is 12.3. The molecule has 2 N–H and O–H groups in total. The molecule has 0 aliphatic carbocycles. The molecule has 4 heteroatoms. The van der Waals surface area contributed by atoms with Crippen LogP contribution in [0.1, 0.15) is 33.6 Å². The molecule has 1 heterocycles. The van der Waals surface area contributed by atoms with Crippen molar-refractivity contribution >= 4 is 5.91 Å². The first-order chi connectivity index (χ1) is 7.36. The number of nitrogens with zero attached hydrogens (tertiary/aromatic N) is 2. The molecular formula is C12H25N3O. The molecule has 0 atom stereocenters. The van der Waals surface area contributed by atoms with Crippen molar-refractivity contribution in [1.82, 2.24) is 9.80 Å². The maximum atomic E-state index is 12.0. The lowest BCUT2D eigenvalue weighted by molar-refractivity contribution is -0.137. The quantitative estimate of drug-likeness (QED) is 0.771. The van der Waals surface area contributed by atoms with Crippen molar-refractivity contribution in [3.8, 4) is 0 Å². The van der Waals surface area contributed by atoms with E-state index in [4.69, 9.17) is 5.73 Å². The Balaban J connectivity index is 2.50. The Morgan fingerprint density at radius 3 is 2.31 bits per heavy atom. The predicted molar refractivity (Wildman–Crippen MR) is 66.2 cm³/mol. The third-order valence-corrected chi connectivity index (χ3v) is 3.42. The number of hydrogen-bond acceptors (Lipinski definition) is 3. The summed E-state index contributed by atoms with van der Waals surface area (Å²) in [4.78, 5) is 16.3. The SMILES string of the molecule is CCN1CCC(N(C)C(=O)C(C)(C)N)CC1. The van der Waals surface area contributed by atoms with Gasteiger partial charge in [-0.2, -0.15) is 0 Å². The number of hydrogen-bond donors (Lipinski definition) is 1. The predicted octanol–water partition coefficient (Wildman–Crippen LogP) is 0.666. The van der Waals surface area contributed by atoms with Crippen LogP contribution in [0.5, 0.6) is 0 Å². The number of likely N-dealkylation sites (N-methyl/N-ethyl adjacent to an activating group) is 1. The van der Waals surface area contributed by atoms with Gasteiger partial charge in [0.15, 0.2) is 0 Å². The largest absolute Gasteiger partial charge is 0.341 e. The van der Waals surface area contributed by atoms with Crippen molar-refractivity contribution in [2.45, 2.75) is 45.2 Å². The summed E-state index contributed by atoms with van der Waals surface area (Å²) in [5, 5.41) is 0. The zero-order valence-electron chi connectivity index (χ0n) is 11.0.